The normalized spacial score (nSPS) is 10.7. The van der Waals surface area contributed by atoms with Crippen molar-refractivity contribution < 1.29 is 4.42 Å². The van der Waals surface area contributed by atoms with Crippen LogP contribution in [0, 0.1) is 0 Å². The summed E-state index contributed by atoms with van der Waals surface area (Å²) < 4.78 is 5.44. The van der Waals surface area contributed by atoms with Gasteiger partial charge in [-0.15, -0.1) is 0 Å². The molecule has 0 aliphatic rings. The van der Waals surface area contributed by atoms with Gasteiger partial charge in [0.05, 0.1) is 11.3 Å². The van der Waals surface area contributed by atoms with Crippen LogP contribution in [0.3, 0.4) is 0 Å². The summed E-state index contributed by atoms with van der Waals surface area (Å²) in [6.45, 7) is 2.76. The molecule has 100 valence electrons. The number of fused-ring (bicyclic) bond motifs is 1. The molecular formula is C17H15NO2. The standard InChI is InChI=1S/C17H15NO2/c1-2-18-16-13-10-6-7-11-14(13)20-17(19)15(16)12-8-4-3-5-9-12/h3-11,18H,2H2,1H3. The lowest BCUT2D eigenvalue weighted by atomic mass is 10.0. The van der Waals surface area contributed by atoms with Crippen LogP contribution < -0.4 is 10.9 Å². The van der Waals surface area contributed by atoms with E-state index in [1.165, 1.54) is 0 Å². The van der Waals surface area contributed by atoms with E-state index < -0.39 is 0 Å². The van der Waals surface area contributed by atoms with Crippen molar-refractivity contribution in [1.29, 1.82) is 0 Å². The largest absolute Gasteiger partial charge is 0.422 e. The van der Waals surface area contributed by atoms with E-state index in [9.17, 15) is 4.79 Å². The van der Waals surface area contributed by atoms with Gasteiger partial charge < -0.3 is 9.73 Å². The fraction of sp³-hybridized carbons (Fsp3) is 0.118. The van der Waals surface area contributed by atoms with Gasteiger partial charge in [0.2, 0.25) is 0 Å². The lowest BCUT2D eigenvalue weighted by molar-refractivity contribution is 0.564. The van der Waals surface area contributed by atoms with Crippen LogP contribution in [0.4, 0.5) is 5.69 Å². The van der Waals surface area contributed by atoms with E-state index in [0.717, 1.165) is 23.2 Å². The second-order valence-electron chi connectivity index (χ2n) is 4.53. The van der Waals surface area contributed by atoms with E-state index in [-0.39, 0.29) is 5.63 Å². The molecule has 0 spiro atoms. The smallest absolute Gasteiger partial charge is 0.346 e. The fourth-order valence-electron chi connectivity index (χ4n) is 2.38. The first kappa shape index (κ1) is 12.5. The Morgan fingerprint density at radius 3 is 2.45 bits per heavy atom. The van der Waals surface area contributed by atoms with Gasteiger partial charge in [-0.3, -0.25) is 0 Å². The number of benzene rings is 2. The Morgan fingerprint density at radius 2 is 1.70 bits per heavy atom. The molecule has 1 heterocycles. The number of hydrogen-bond donors (Lipinski definition) is 1. The van der Waals surface area contributed by atoms with Crippen molar-refractivity contribution in [3.05, 3.63) is 65.0 Å². The molecule has 0 saturated heterocycles. The van der Waals surface area contributed by atoms with Crippen molar-refractivity contribution in [2.45, 2.75) is 6.92 Å². The summed E-state index contributed by atoms with van der Waals surface area (Å²) >= 11 is 0. The minimum Gasteiger partial charge on any atom is -0.422 e. The third-order valence-electron chi connectivity index (χ3n) is 3.23. The lowest BCUT2D eigenvalue weighted by Crippen LogP contribution is -2.09. The molecule has 20 heavy (non-hydrogen) atoms. The highest BCUT2D eigenvalue weighted by Gasteiger charge is 2.15. The van der Waals surface area contributed by atoms with Gasteiger partial charge in [0.15, 0.2) is 0 Å². The first-order valence-corrected chi connectivity index (χ1v) is 6.66. The maximum absolute atomic E-state index is 12.3. The van der Waals surface area contributed by atoms with Gasteiger partial charge in [-0.2, -0.15) is 0 Å². The Balaban J connectivity index is 2.38. The van der Waals surface area contributed by atoms with E-state index in [0.29, 0.717) is 11.1 Å². The van der Waals surface area contributed by atoms with E-state index >= 15 is 0 Å². The van der Waals surface area contributed by atoms with E-state index in [1.807, 2.05) is 61.5 Å². The number of nitrogens with one attached hydrogen (secondary N) is 1. The highest BCUT2D eigenvalue weighted by molar-refractivity contribution is 5.97. The summed E-state index contributed by atoms with van der Waals surface area (Å²) in [5.74, 6) is 0. The van der Waals surface area contributed by atoms with Crippen LogP contribution in [-0.2, 0) is 0 Å². The highest BCUT2D eigenvalue weighted by Crippen LogP contribution is 2.31. The Kier molecular flexibility index (Phi) is 3.25. The minimum atomic E-state index is -0.314. The Bertz CT molecular complexity index is 791. The van der Waals surface area contributed by atoms with E-state index in [2.05, 4.69) is 5.32 Å². The molecule has 0 aliphatic heterocycles. The van der Waals surface area contributed by atoms with Gasteiger partial charge in [-0.05, 0) is 24.6 Å². The van der Waals surface area contributed by atoms with Crippen LogP contribution in [-0.4, -0.2) is 6.54 Å². The van der Waals surface area contributed by atoms with Gasteiger partial charge in [0.1, 0.15) is 5.58 Å². The second kappa shape index (κ2) is 5.21. The third kappa shape index (κ3) is 2.07. The molecule has 3 aromatic rings. The van der Waals surface area contributed by atoms with Crippen molar-refractivity contribution in [2.75, 3.05) is 11.9 Å². The second-order valence-corrected chi connectivity index (χ2v) is 4.53. The molecule has 0 bridgehead atoms. The molecule has 1 aromatic heterocycles. The number of hydrogen-bond acceptors (Lipinski definition) is 3. The molecule has 0 amide bonds. The van der Waals surface area contributed by atoms with Crippen molar-refractivity contribution in [2.24, 2.45) is 0 Å². The summed E-state index contributed by atoms with van der Waals surface area (Å²) in [7, 11) is 0. The maximum atomic E-state index is 12.3. The van der Waals surface area contributed by atoms with Crippen LogP contribution >= 0.6 is 0 Å². The zero-order chi connectivity index (χ0) is 13.9. The molecule has 0 radical (unpaired) electrons. The molecular weight excluding hydrogens is 250 g/mol. The lowest BCUT2D eigenvalue weighted by Gasteiger charge is -2.12. The molecule has 0 aliphatic carbocycles. The van der Waals surface area contributed by atoms with Crippen LogP contribution in [0.2, 0.25) is 0 Å². The predicted octanol–water partition coefficient (Wildman–Crippen LogP) is 3.89. The SMILES string of the molecule is CCNc1c(-c2ccccc2)c(=O)oc2ccccc12. The molecule has 0 unspecified atom stereocenters. The maximum Gasteiger partial charge on any atom is 0.346 e. The Labute approximate surface area is 116 Å². The van der Waals surface area contributed by atoms with Crippen LogP contribution in [0.25, 0.3) is 22.1 Å². The van der Waals surface area contributed by atoms with Gasteiger partial charge in [-0.25, -0.2) is 4.79 Å². The summed E-state index contributed by atoms with van der Waals surface area (Å²) in [5.41, 5.74) is 2.58. The Hall–Kier alpha value is -2.55. The van der Waals surface area contributed by atoms with Gasteiger partial charge in [-0.1, -0.05) is 42.5 Å². The zero-order valence-electron chi connectivity index (χ0n) is 11.2. The quantitative estimate of drug-likeness (QED) is 0.730. The highest BCUT2D eigenvalue weighted by atomic mass is 16.4. The topological polar surface area (TPSA) is 42.2 Å². The summed E-state index contributed by atoms with van der Waals surface area (Å²) in [6.07, 6.45) is 0. The summed E-state index contributed by atoms with van der Waals surface area (Å²) in [4.78, 5) is 12.3. The molecule has 3 rings (SSSR count). The van der Waals surface area contributed by atoms with Crippen LogP contribution in [0.15, 0.2) is 63.8 Å². The zero-order valence-corrected chi connectivity index (χ0v) is 11.2. The molecule has 1 N–H and O–H groups in total. The average Bonchev–Trinajstić information content (AvgIpc) is 2.48. The Morgan fingerprint density at radius 1 is 1.00 bits per heavy atom. The molecule has 2 aromatic carbocycles. The average molecular weight is 265 g/mol. The molecule has 0 fully saturated rings. The van der Waals surface area contributed by atoms with E-state index in [1.54, 1.807) is 0 Å². The third-order valence-corrected chi connectivity index (χ3v) is 3.23. The van der Waals surface area contributed by atoms with E-state index in [4.69, 9.17) is 4.42 Å². The number of rotatable bonds is 3. The van der Waals surface area contributed by atoms with Crippen molar-refractivity contribution in [3.63, 3.8) is 0 Å². The summed E-state index contributed by atoms with van der Waals surface area (Å²) in [5, 5.41) is 4.22. The van der Waals surface area contributed by atoms with Crippen LogP contribution in [0.5, 0.6) is 0 Å². The first-order valence-electron chi connectivity index (χ1n) is 6.66. The van der Waals surface area contributed by atoms with Gasteiger partial charge in [0, 0.05) is 11.9 Å². The summed E-state index contributed by atoms with van der Waals surface area (Å²) in [6, 6.07) is 17.2. The molecule has 0 saturated carbocycles. The molecule has 3 nitrogen and oxygen atoms in total. The van der Waals surface area contributed by atoms with Crippen molar-refractivity contribution >= 4 is 16.7 Å². The van der Waals surface area contributed by atoms with Crippen molar-refractivity contribution in [3.8, 4) is 11.1 Å². The number of anilines is 1. The first-order chi connectivity index (χ1) is 9.81. The minimum absolute atomic E-state index is 0.314. The van der Waals surface area contributed by atoms with Crippen molar-refractivity contribution in [1.82, 2.24) is 0 Å². The van der Waals surface area contributed by atoms with Crippen LogP contribution in [0.1, 0.15) is 6.92 Å². The molecule has 0 atom stereocenters. The number of para-hydroxylation sites is 1. The monoisotopic (exact) mass is 265 g/mol. The predicted molar refractivity (Wildman–Crippen MR) is 82.1 cm³/mol. The van der Waals surface area contributed by atoms with Gasteiger partial charge >= 0.3 is 5.63 Å². The molecule has 3 heteroatoms. The van der Waals surface area contributed by atoms with Gasteiger partial charge in [0.25, 0.3) is 0 Å². The fourth-order valence-corrected chi connectivity index (χ4v) is 2.38.